The summed E-state index contributed by atoms with van der Waals surface area (Å²) in [6.45, 7) is 4.75. The lowest BCUT2D eigenvalue weighted by Gasteiger charge is -2.10. The second-order valence-electron chi connectivity index (χ2n) is 5.26. The number of hydrogen-bond acceptors (Lipinski definition) is 4. The SMILES string of the molecule is CCCC(Cc1ccccc1)C(=O)O.COCCOCC(C)=O. The number of hydrogen-bond donors (Lipinski definition) is 1. The van der Waals surface area contributed by atoms with E-state index in [0.717, 1.165) is 18.4 Å². The normalized spacial score (nSPS) is 11.3. The molecule has 23 heavy (non-hydrogen) atoms. The van der Waals surface area contributed by atoms with Crippen LogP contribution in [0.3, 0.4) is 0 Å². The van der Waals surface area contributed by atoms with Crippen LogP contribution < -0.4 is 0 Å². The van der Waals surface area contributed by atoms with Gasteiger partial charge in [-0.2, -0.15) is 0 Å². The van der Waals surface area contributed by atoms with Gasteiger partial charge in [0.1, 0.15) is 6.61 Å². The Labute approximate surface area is 138 Å². The van der Waals surface area contributed by atoms with Crippen molar-refractivity contribution in [2.75, 3.05) is 26.9 Å². The second-order valence-corrected chi connectivity index (χ2v) is 5.26. The zero-order valence-corrected chi connectivity index (χ0v) is 14.3. The van der Waals surface area contributed by atoms with Crippen molar-refractivity contribution >= 4 is 11.8 Å². The van der Waals surface area contributed by atoms with Crippen molar-refractivity contribution in [3.8, 4) is 0 Å². The van der Waals surface area contributed by atoms with Crippen molar-refractivity contribution in [2.45, 2.75) is 33.1 Å². The van der Waals surface area contributed by atoms with Gasteiger partial charge in [-0.3, -0.25) is 9.59 Å². The van der Waals surface area contributed by atoms with Gasteiger partial charge in [0.2, 0.25) is 0 Å². The topological polar surface area (TPSA) is 72.8 Å². The molecule has 1 aromatic rings. The van der Waals surface area contributed by atoms with Gasteiger partial charge in [-0.1, -0.05) is 43.7 Å². The lowest BCUT2D eigenvalue weighted by molar-refractivity contribution is -0.142. The first-order chi connectivity index (χ1) is 11.0. The van der Waals surface area contributed by atoms with Crippen molar-refractivity contribution in [2.24, 2.45) is 5.92 Å². The van der Waals surface area contributed by atoms with Crippen LogP contribution in [0.25, 0.3) is 0 Å². The van der Waals surface area contributed by atoms with Gasteiger partial charge < -0.3 is 14.6 Å². The molecular weight excluding hydrogens is 296 g/mol. The van der Waals surface area contributed by atoms with E-state index in [4.69, 9.17) is 9.84 Å². The summed E-state index contributed by atoms with van der Waals surface area (Å²) in [4.78, 5) is 21.1. The second kappa shape index (κ2) is 13.9. The van der Waals surface area contributed by atoms with Gasteiger partial charge in [-0.15, -0.1) is 0 Å². The molecule has 0 amide bonds. The van der Waals surface area contributed by atoms with E-state index < -0.39 is 5.97 Å². The maximum absolute atomic E-state index is 10.9. The Bertz CT molecular complexity index is 430. The highest BCUT2D eigenvalue weighted by molar-refractivity contribution is 5.76. The van der Waals surface area contributed by atoms with E-state index in [-0.39, 0.29) is 18.3 Å². The lowest BCUT2D eigenvalue weighted by atomic mass is 9.95. The van der Waals surface area contributed by atoms with Gasteiger partial charge in [-0.25, -0.2) is 0 Å². The number of carbonyl (C=O) groups excluding carboxylic acids is 1. The van der Waals surface area contributed by atoms with Crippen LogP contribution in [0.2, 0.25) is 0 Å². The molecule has 0 heterocycles. The van der Waals surface area contributed by atoms with E-state index in [0.29, 0.717) is 19.6 Å². The fourth-order valence-corrected chi connectivity index (χ4v) is 1.92. The molecule has 1 N–H and O–H groups in total. The smallest absolute Gasteiger partial charge is 0.306 e. The minimum atomic E-state index is -0.685. The van der Waals surface area contributed by atoms with Crippen LogP contribution in [0.5, 0.6) is 0 Å². The number of rotatable bonds is 10. The van der Waals surface area contributed by atoms with Crippen molar-refractivity contribution in [1.82, 2.24) is 0 Å². The van der Waals surface area contributed by atoms with Crippen molar-refractivity contribution in [1.29, 1.82) is 0 Å². The van der Waals surface area contributed by atoms with Gasteiger partial charge in [-0.05, 0) is 25.3 Å². The van der Waals surface area contributed by atoms with Gasteiger partial charge >= 0.3 is 5.97 Å². The summed E-state index contributed by atoms with van der Waals surface area (Å²) >= 11 is 0. The van der Waals surface area contributed by atoms with Crippen LogP contribution in [0.4, 0.5) is 0 Å². The van der Waals surface area contributed by atoms with Gasteiger partial charge in [0.15, 0.2) is 5.78 Å². The van der Waals surface area contributed by atoms with E-state index in [2.05, 4.69) is 4.74 Å². The highest BCUT2D eigenvalue weighted by Crippen LogP contribution is 2.14. The molecule has 0 aliphatic rings. The van der Waals surface area contributed by atoms with Crippen LogP contribution in [0, 0.1) is 5.92 Å². The number of carboxylic acids is 1. The van der Waals surface area contributed by atoms with E-state index in [1.54, 1.807) is 7.11 Å². The number of aliphatic carboxylic acids is 1. The van der Waals surface area contributed by atoms with Crippen LogP contribution in [0.1, 0.15) is 32.3 Å². The summed E-state index contributed by atoms with van der Waals surface area (Å²) in [5.41, 5.74) is 1.10. The molecule has 0 aromatic heterocycles. The minimum Gasteiger partial charge on any atom is -0.481 e. The molecule has 0 fully saturated rings. The van der Waals surface area contributed by atoms with Crippen LogP contribution in [-0.4, -0.2) is 43.8 Å². The molecule has 0 saturated heterocycles. The molecule has 0 aliphatic carbocycles. The molecule has 1 atom stereocenters. The first-order valence-corrected chi connectivity index (χ1v) is 7.84. The Morgan fingerprint density at radius 3 is 2.30 bits per heavy atom. The molecule has 0 bridgehead atoms. The number of Topliss-reactive ketones (excluding diaryl/α,β-unsaturated/α-hetero) is 1. The first kappa shape index (κ1) is 21.3. The molecule has 1 aromatic carbocycles. The number of carboxylic acid groups (broad SMARTS) is 1. The fraction of sp³-hybridized carbons (Fsp3) is 0.556. The number of ether oxygens (including phenoxy) is 2. The number of carbonyl (C=O) groups is 2. The average molecular weight is 324 g/mol. The summed E-state index contributed by atoms with van der Waals surface area (Å²) < 4.78 is 9.55. The van der Waals surface area contributed by atoms with Crippen molar-refractivity contribution < 1.29 is 24.2 Å². The Hall–Kier alpha value is -1.72. The predicted molar refractivity (Wildman–Crippen MR) is 89.6 cm³/mol. The molecule has 0 aliphatic heterocycles. The van der Waals surface area contributed by atoms with Crippen LogP contribution >= 0.6 is 0 Å². The highest BCUT2D eigenvalue weighted by atomic mass is 16.5. The van der Waals surface area contributed by atoms with Crippen molar-refractivity contribution in [3.63, 3.8) is 0 Å². The molecule has 130 valence electrons. The zero-order chi connectivity index (χ0) is 17.5. The zero-order valence-electron chi connectivity index (χ0n) is 14.3. The summed E-state index contributed by atoms with van der Waals surface area (Å²) in [6.07, 6.45) is 2.32. The number of ketones is 1. The fourth-order valence-electron chi connectivity index (χ4n) is 1.92. The Morgan fingerprint density at radius 1 is 1.17 bits per heavy atom. The maximum atomic E-state index is 10.9. The Morgan fingerprint density at radius 2 is 1.83 bits per heavy atom. The molecule has 0 saturated carbocycles. The van der Waals surface area contributed by atoms with Gasteiger partial charge in [0, 0.05) is 7.11 Å². The Balaban J connectivity index is 0.000000468. The molecule has 0 radical (unpaired) electrons. The molecule has 1 unspecified atom stereocenters. The summed E-state index contributed by atoms with van der Waals surface area (Å²) in [5.74, 6) is -0.871. The number of methoxy groups -OCH3 is 1. The Kier molecular flexibility index (Phi) is 12.9. The van der Waals surface area contributed by atoms with E-state index in [9.17, 15) is 9.59 Å². The van der Waals surface area contributed by atoms with Crippen LogP contribution in [-0.2, 0) is 25.5 Å². The molecule has 1 rings (SSSR count). The predicted octanol–water partition coefficient (Wildman–Crippen LogP) is 2.97. The van der Waals surface area contributed by atoms with E-state index >= 15 is 0 Å². The maximum Gasteiger partial charge on any atom is 0.306 e. The van der Waals surface area contributed by atoms with Crippen LogP contribution in [0.15, 0.2) is 30.3 Å². The highest BCUT2D eigenvalue weighted by Gasteiger charge is 2.16. The third-order valence-electron chi connectivity index (χ3n) is 3.05. The monoisotopic (exact) mass is 324 g/mol. The minimum absolute atomic E-state index is 0.0473. The van der Waals surface area contributed by atoms with Gasteiger partial charge in [0.05, 0.1) is 19.1 Å². The molecular formula is C18H28O5. The van der Waals surface area contributed by atoms with Gasteiger partial charge in [0.25, 0.3) is 0 Å². The van der Waals surface area contributed by atoms with Crippen molar-refractivity contribution in [3.05, 3.63) is 35.9 Å². The molecule has 5 nitrogen and oxygen atoms in total. The molecule has 0 spiro atoms. The van der Waals surface area contributed by atoms with E-state index in [1.165, 1.54) is 6.92 Å². The summed E-state index contributed by atoms with van der Waals surface area (Å²) in [6, 6.07) is 9.79. The largest absolute Gasteiger partial charge is 0.481 e. The quantitative estimate of drug-likeness (QED) is 0.670. The first-order valence-electron chi connectivity index (χ1n) is 7.84. The summed E-state index contributed by atoms with van der Waals surface area (Å²) in [5, 5.41) is 8.97. The molecule has 5 heteroatoms. The van der Waals surface area contributed by atoms with E-state index in [1.807, 2.05) is 37.3 Å². The standard InChI is InChI=1S/C12H16O2.C6H12O3/c1-2-6-11(12(13)14)9-10-7-4-3-5-8-10;1-6(7)5-9-4-3-8-2/h3-5,7-8,11H,2,6,9H2,1H3,(H,13,14);3-5H2,1-2H3. The summed E-state index contributed by atoms with van der Waals surface area (Å²) in [7, 11) is 1.59. The third kappa shape index (κ3) is 12.5. The third-order valence-corrected chi connectivity index (χ3v) is 3.05. The average Bonchev–Trinajstić information content (AvgIpc) is 2.52. The number of benzene rings is 1. The lowest BCUT2D eigenvalue weighted by Crippen LogP contribution is -2.16.